The maximum absolute atomic E-state index is 15.3. The Morgan fingerprint density at radius 3 is 2.54 bits per heavy atom. The highest BCUT2D eigenvalue weighted by Crippen LogP contribution is 2.34. The minimum Gasteiger partial charge on any atom is -0.397 e. The number of carbonyl (C=O) groups is 2. The second-order valence-electron chi connectivity index (χ2n) is 9.69. The van der Waals surface area contributed by atoms with Crippen LogP contribution in [0.15, 0.2) is 97.1 Å². The van der Waals surface area contributed by atoms with Crippen LogP contribution in [0.5, 0.6) is 0 Å². The number of benzene rings is 4. The molecule has 5 aromatic rings. The molecule has 2 amide bonds. The molecule has 194 valence electrons. The average Bonchev–Trinajstić information content (AvgIpc) is 3.58. The number of fused-ring (bicyclic) bond motifs is 2. The standard InChI is InChI=1S/C32H26FN3O2S/c33-30(32(38)35-26-15-13-20-8-4-5-9-24(20)26)23-11-10-22-17-29(39-28(22)18-23)31(37)36-27-16-21(12-14-25(27)34)19-6-2-1-3-7-19/h1-12,14,16-18,26,30H,13,15,34H2,(H,35,38)(H,36,37)/t26-,30?/m0/s1. The first-order valence-corrected chi connectivity index (χ1v) is 13.6. The molecular formula is C32H26FN3O2S. The smallest absolute Gasteiger partial charge is 0.265 e. The molecule has 4 N–H and O–H groups in total. The van der Waals surface area contributed by atoms with Gasteiger partial charge in [-0.05, 0) is 70.3 Å². The van der Waals surface area contributed by atoms with Crippen LogP contribution in [-0.4, -0.2) is 11.8 Å². The Morgan fingerprint density at radius 1 is 0.897 bits per heavy atom. The number of nitrogen functional groups attached to an aromatic ring is 1. The molecule has 0 bridgehead atoms. The lowest BCUT2D eigenvalue weighted by Gasteiger charge is -2.16. The van der Waals surface area contributed by atoms with Gasteiger partial charge in [0, 0.05) is 4.70 Å². The lowest BCUT2D eigenvalue weighted by atomic mass is 10.0. The lowest BCUT2D eigenvalue weighted by Crippen LogP contribution is -2.30. The van der Waals surface area contributed by atoms with Crippen molar-refractivity contribution in [3.63, 3.8) is 0 Å². The van der Waals surface area contributed by atoms with Gasteiger partial charge in [-0.15, -0.1) is 11.3 Å². The zero-order chi connectivity index (χ0) is 26.9. The summed E-state index contributed by atoms with van der Waals surface area (Å²) >= 11 is 1.25. The summed E-state index contributed by atoms with van der Waals surface area (Å²) in [6.45, 7) is 0. The van der Waals surface area contributed by atoms with Crippen LogP contribution in [0.4, 0.5) is 15.8 Å². The van der Waals surface area contributed by atoms with Gasteiger partial charge in [-0.25, -0.2) is 4.39 Å². The van der Waals surface area contributed by atoms with Crippen LogP contribution in [0.1, 0.15) is 45.0 Å². The van der Waals surface area contributed by atoms with Gasteiger partial charge in [0.15, 0.2) is 0 Å². The highest BCUT2D eigenvalue weighted by Gasteiger charge is 2.28. The number of alkyl halides is 1. The highest BCUT2D eigenvalue weighted by molar-refractivity contribution is 7.20. The number of halogens is 1. The molecule has 0 radical (unpaired) electrons. The van der Waals surface area contributed by atoms with Crippen molar-refractivity contribution in [2.24, 2.45) is 0 Å². The van der Waals surface area contributed by atoms with E-state index in [0.717, 1.165) is 39.6 Å². The van der Waals surface area contributed by atoms with Crippen LogP contribution in [0.25, 0.3) is 21.2 Å². The molecule has 2 atom stereocenters. The van der Waals surface area contributed by atoms with Crippen LogP contribution in [0.2, 0.25) is 0 Å². The Kier molecular flexibility index (Phi) is 6.59. The average molecular weight is 536 g/mol. The predicted molar refractivity (Wildman–Crippen MR) is 156 cm³/mol. The van der Waals surface area contributed by atoms with E-state index in [1.807, 2.05) is 66.7 Å². The minimum absolute atomic E-state index is 0.180. The van der Waals surface area contributed by atoms with Crippen LogP contribution in [-0.2, 0) is 11.2 Å². The number of carbonyl (C=O) groups excluding carboxylic acids is 2. The Bertz CT molecular complexity index is 1700. The van der Waals surface area contributed by atoms with E-state index in [1.54, 1.807) is 30.3 Å². The van der Waals surface area contributed by atoms with E-state index in [2.05, 4.69) is 10.6 Å². The molecule has 0 spiro atoms. The lowest BCUT2D eigenvalue weighted by molar-refractivity contribution is -0.127. The molecule has 4 aromatic carbocycles. The van der Waals surface area contributed by atoms with Gasteiger partial charge in [-0.3, -0.25) is 9.59 Å². The summed E-state index contributed by atoms with van der Waals surface area (Å²) in [5.74, 6) is -0.955. The van der Waals surface area contributed by atoms with Crippen LogP contribution in [0.3, 0.4) is 0 Å². The van der Waals surface area contributed by atoms with Gasteiger partial charge >= 0.3 is 0 Å². The number of anilines is 2. The van der Waals surface area contributed by atoms with Crippen molar-refractivity contribution in [2.75, 3.05) is 11.1 Å². The van der Waals surface area contributed by atoms with Gasteiger partial charge in [0.25, 0.3) is 11.8 Å². The van der Waals surface area contributed by atoms with Crippen LogP contribution >= 0.6 is 11.3 Å². The number of rotatable bonds is 6. The van der Waals surface area contributed by atoms with Crippen molar-refractivity contribution in [3.05, 3.63) is 119 Å². The summed E-state index contributed by atoms with van der Waals surface area (Å²) in [5, 5.41) is 6.58. The summed E-state index contributed by atoms with van der Waals surface area (Å²) in [6.07, 6.45) is -0.173. The van der Waals surface area contributed by atoms with E-state index in [-0.39, 0.29) is 17.5 Å². The molecule has 39 heavy (non-hydrogen) atoms. The molecular weight excluding hydrogens is 509 g/mol. The molecule has 1 unspecified atom stereocenters. The molecule has 5 nitrogen and oxygen atoms in total. The third-order valence-corrected chi connectivity index (χ3v) is 8.25. The predicted octanol–water partition coefficient (Wildman–Crippen LogP) is 7.22. The highest BCUT2D eigenvalue weighted by atomic mass is 32.1. The first-order valence-electron chi connectivity index (χ1n) is 12.8. The number of amides is 2. The summed E-state index contributed by atoms with van der Waals surface area (Å²) in [4.78, 5) is 26.3. The Labute approximate surface area is 229 Å². The molecule has 1 aromatic heterocycles. The number of hydrogen-bond donors (Lipinski definition) is 3. The van der Waals surface area contributed by atoms with E-state index in [9.17, 15) is 9.59 Å². The molecule has 0 saturated heterocycles. The van der Waals surface area contributed by atoms with Crippen molar-refractivity contribution >= 4 is 44.6 Å². The third kappa shape index (κ3) is 5.01. The van der Waals surface area contributed by atoms with Crippen molar-refractivity contribution in [3.8, 4) is 11.1 Å². The molecule has 7 heteroatoms. The largest absolute Gasteiger partial charge is 0.397 e. The van der Waals surface area contributed by atoms with Crippen LogP contribution in [0, 0.1) is 0 Å². The van der Waals surface area contributed by atoms with Gasteiger partial charge in [0.1, 0.15) is 0 Å². The van der Waals surface area contributed by atoms with Gasteiger partial charge < -0.3 is 16.4 Å². The quantitative estimate of drug-likeness (QED) is 0.201. The number of thiophene rings is 1. The molecule has 0 fully saturated rings. The maximum Gasteiger partial charge on any atom is 0.265 e. The summed E-state index contributed by atoms with van der Waals surface area (Å²) in [7, 11) is 0. The monoisotopic (exact) mass is 535 g/mol. The molecule has 1 aliphatic rings. The number of nitrogens with one attached hydrogen (secondary N) is 2. The number of nitrogens with two attached hydrogens (primary N) is 1. The van der Waals surface area contributed by atoms with Gasteiger partial charge in [0.05, 0.1) is 22.3 Å². The first-order chi connectivity index (χ1) is 19.0. The molecule has 6 rings (SSSR count). The summed E-state index contributed by atoms with van der Waals surface area (Å²) in [5.41, 5.74) is 11.6. The first kappa shape index (κ1) is 24.8. The SMILES string of the molecule is Nc1ccc(-c2ccccc2)cc1NC(=O)c1cc2ccc(C(F)C(=O)N[C@H]3CCc4ccccc43)cc2s1. The Hall–Kier alpha value is -4.49. The number of hydrogen-bond acceptors (Lipinski definition) is 4. The number of aryl methyl sites for hydroxylation is 1. The van der Waals surface area contributed by atoms with Crippen molar-refractivity contribution in [1.82, 2.24) is 5.32 Å². The topological polar surface area (TPSA) is 84.2 Å². The van der Waals surface area contributed by atoms with Gasteiger partial charge in [-0.2, -0.15) is 0 Å². The van der Waals surface area contributed by atoms with Gasteiger partial charge in [-0.1, -0.05) is 72.8 Å². The maximum atomic E-state index is 15.3. The normalized spacial score (nSPS) is 15.1. The van der Waals surface area contributed by atoms with E-state index in [4.69, 9.17) is 5.73 Å². The van der Waals surface area contributed by atoms with Crippen molar-refractivity contribution in [2.45, 2.75) is 25.1 Å². The van der Waals surface area contributed by atoms with Crippen LogP contribution < -0.4 is 16.4 Å². The zero-order valence-corrected chi connectivity index (χ0v) is 21.8. The fourth-order valence-corrected chi connectivity index (χ4v) is 6.09. The van der Waals surface area contributed by atoms with Crippen molar-refractivity contribution < 1.29 is 14.0 Å². The van der Waals surface area contributed by atoms with E-state index < -0.39 is 12.1 Å². The minimum atomic E-state index is -1.80. The second kappa shape index (κ2) is 10.3. The second-order valence-corrected chi connectivity index (χ2v) is 10.8. The van der Waals surface area contributed by atoms with E-state index >= 15 is 4.39 Å². The van der Waals surface area contributed by atoms with Gasteiger partial charge in [0.2, 0.25) is 6.17 Å². The van der Waals surface area contributed by atoms with E-state index in [0.29, 0.717) is 16.3 Å². The molecule has 1 aliphatic carbocycles. The summed E-state index contributed by atoms with van der Waals surface area (Å²) < 4.78 is 16.0. The Morgan fingerprint density at radius 2 is 1.69 bits per heavy atom. The summed E-state index contributed by atoms with van der Waals surface area (Å²) in [6, 6.07) is 29.9. The molecule has 0 saturated carbocycles. The fraction of sp³-hybridized carbons (Fsp3) is 0.125. The third-order valence-electron chi connectivity index (χ3n) is 7.15. The fourth-order valence-electron chi connectivity index (χ4n) is 5.08. The Balaban J connectivity index is 1.18. The zero-order valence-electron chi connectivity index (χ0n) is 21.0. The van der Waals surface area contributed by atoms with E-state index in [1.165, 1.54) is 16.9 Å². The van der Waals surface area contributed by atoms with Crippen molar-refractivity contribution in [1.29, 1.82) is 0 Å². The molecule has 0 aliphatic heterocycles. The molecule has 1 heterocycles.